The van der Waals surface area contributed by atoms with Gasteiger partial charge < -0.3 is 19.9 Å². The summed E-state index contributed by atoms with van der Waals surface area (Å²) in [6, 6.07) is 7.94. The van der Waals surface area contributed by atoms with Crippen molar-refractivity contribution in [3.05, 3.63) is 53.1 Å². The SMILES string of the molecule is CC1(C)OB(O)c2cc(NC(=O)c3ccc(N4CCCC4=O)cc3C(F)(F)F)ccc21. The fourth-order valence-electron chi connectivity index (χ4n) is 4.05. The molecule has 0 aromatic heterocycles. The number of fused-ring (bicyclic) bond motifs is 1. The topological polar surface area (TPSA) is 78.9 Å². The molecule has 2 N–H and O–H groups in total. The summed E-state index contributed by atoms with van der Waals surface area (Å²) in [7, 11) is -1.19. The second kappa shape index (κ2) is 7.38. The van der Waals surface area contributed by atoms with Gasteiger partial charge >= 0.3 is 13.3 Å². The molecule has 2 aromatic rings. The van der Waals surface area contributed by atoms with Crippen molar-refractivity contribution in [1.82, 2.24) is 0 Å². The number of alkyl halides is 3. The van der Waals surface area contributed by atoms with Crippen molar-refractivity contribution in [3.8, 4) is 0 Å². The predicted octanol–water partition coefficient (Wildman–Crippen LogP) is 3.04. The first kappa shape index (κ1) is 21.4. The number of hydrogen-bond donors (Lipinski definition) is 2. The summed E-state index contributed by atoms with van der Waals surface area (Å²) < 4.78 is 46.5. The Bertz CT molecular complexity index is 1070. The van der Waals surface area contributed by atoms with Crippen molar-refractivity contribution >= 4 is 35.8 Å². The number of nitrogens with one attached hydrogen (secondary N) is 1. The molecule has 1 saturated heterocycles. The summed E-state index contributed by atoms with van der Waals surface area (Å²) >= 11 is 0. The van der Waals surface area contributed by atoms with Crippen molar-refractivity contribution < 1.29 is 32.4 Å². The van der Waals surface area contributed by atoms with Crippen LogP contribution in [-0.2, 0) is 21.2 Å². The fourth-order valence-corrected chi connectivity index (χ4v) is 4.05. The van der Waals surface area contributed by atoms with Crippen molar-refractivity contribution in [1.29, 1.82) is 0 Å². The predicted molar refractivity (Wildman–Crippen MR) is 109 cm³/mol. The minimum atomic E-state index is -4.78. The number of carbonyl (C=O) groups is 2. The number of hydrogen-bond acceptors (Lipinski definition) is 4. The number of amides is 2. The van der Waals surface area contributed by atoms with Crippen LogP contribution in [0.4, 0.5) is 24.5 Å². The summed E-state index contributed by atoms with van der Waals surface area (Å²) in [5.74, 6) is -1.19. The van der Waals surface area contributed by atoms with Crippen LogP contribution in [-0.4, -0.2) is 30.5 Å². The molecular formula is C21H20BF3N2O4. The molecule has 2 amide bonds. The molecule has 0 bridgehead atoms. The van der Waals surface area contributed by atoms with E-state index in [1.54, 1.807) is 26.0 Å². The molecule has 2 aromatic carbocycles. The first-order valence-electron chi connectivity index (χ1n) is 9.80. The van der Waals surface area contributed by atoms with Crippen molar-refractivity contribution in [2.24, 2.45) is 0 Å². The minimum Gasteiger partial charge on any atom is -0.423 e. The standard InChI is InChI=1S/C21H20BF3N2O4/c1-20(2)15-8-5-12(10-17(15)22(30)31-20)26-19(29)14-7-6-13(11-16(14)21(23,24)25)27-9-3-4-18(27)28/h5-8,10-11,30H,3-4,9H2,1-2H3,(H,26,29). The Morgan fingerprint density at radius 2 is 1.97 bits per heavy atom. The van der Waals surface area contributed by atoms with E-state index >= 15 is 0 Å². The second-order valence-corrected chi connectivity index (χ2v) is 8.11. The van der Waals surface area contributed by atoms with E-state index in [2.05, 4.69) is 5.32 Å². The molecule has 0 radical (unpaired) electrons. The van der Waals surface area contributed by atoms with Gasteiger partial charge in [0.25, 0.3) is 5.91 Å². The maximum atomic E-state index is 13.7. The van der Waals surface area contributed by atoms with Crippen LogP contribution in [0.3, 0.4) is 0 Å². The zero-order chi connectivity index (χ0) is 22.6. The lowest BCUT2D eigenvalue weighted by atomic mass is 9.78. The largest absolute Gasteiger partial charge is 0.492 e. The van der Waals surface area contributed by atoms with Crippen molar-refractivity contribution in [2.45, 2.75) is 38.5 Å². The number of benzene rings is 2. The van der Waals surface area contributed by atoms with Gasteiger partial charge in [0.05, 0.1) is 16.7 Å². The summed E-state index contributed by atoms with van der Waals surface area (Å²) in [5, 5.41) is 12.5. The van der Waals surface area contributed by atoms with E-state index in [1.165, 1.54) is 17.0 Å². The molecule has 0 aliphatic carbocycles. The number of halogens is 3. The van der Waals surface area contributed by atoms with E-state index in [9.17, 15) is 27.8 Å². The maximum absolute atomic E-state index is 13.7. The lowest BCUT2D eigenvalue weighted by Crippen LogP contribution is -2.29. The summed E-state index contributed by atoms with van der Waals surface area (Å²) in [5.41, 5.74) is -0.866. The van der Waals surface area contributed by atoms with Crippen LogP contribution < -0.4 is 15.7 Å². The molecule has 1 fully saturated rings. The molecule has 10 heteroatoms. The van der Waals surface area contributed by atoms with E-state index in [4.69, 9.17) is 4.65 Å². The first-order chi connectivity index (χ1) is 14.5. The van der Waals surface area contributed by atoms with Crippen LogP contribution >= 0.6 is 0 Å². The molecule has 2 aliphatic heterocycles. The Balaban J connectivity index is 1.64. The van der Waals surface area contributed by atoms with Crippen molar-refractivity contribution in [3.63, 3.8) is 0 Å². The average Bonchev–Trinajstić information content (AvgIpc) is 3.21. The number of nitrogens with zero attached hydrogens (tertiary/aromatic N) is 1. The van der Waals surface area contributed by atoms with E-state index in [0.717, 1.165) is 17.7 Å². The number of rotatable bonds is 3. The molecule has 0 spiro atoms. The second-order valence-electron chi connectivity index (χ2n) is 8.11. The minimum absolute atomic E-state index is 0.117. The normalized spacial score (nSPS) is 17.8. The van der Waals surface area contributed by atoms with Gasteiger partial charge in [-0.2, -0.15) is 13.2 Å². The van der Waals surface area contributed by atoms with Crippen LogP contribution in [0, 0.1) is 0 Å². The van der Waals surface area contributed by atoms with Gasteiger partial charge in [-0.15, -0.1) is 0 Å². The zero-order valence-electron chi connectivity index (χ0n) is 16.9. The molecule has 31 heavy (non-hydrogen) atoms. The molecule has 4 rings (SSSR count). The van der Waals surface area contributed by atoms with E-state index in [-0.39, 0.29) is 23.7 Å². The molecule has 0 saturated carbocycles. The summed E-state index contributed by atoms with van der Waals surface area (Å²) in [6.07, 6.45) is -3.92. The number of anilines is 2. The Hall–Kier alpha value is -2.85. The summed E-state index contributed by atoms with van der Waals surface area (Å²) in [4.78, 5) is 25.9. The highest BCUT2D eigenvalue weighted by Gasteiger charge is 2.41. The van der Waals surface area contributed by atoms with Gasteiger partial charge in [-0.05, 0) is 61.6 Å². The first-order valence-corrected chi connectivity index (χ1v) is 9.80. The molecule has 2 heterocycles. The summed E-state index contributed by atoms with van der Waals surface area (Å²) in [6.45, 7) is 3.91. The Kier molecular flexibility index (Phi) is 5.10. The zero-order valence-corrected chi connectivity index (χ0v) is 16.9. The monoisotopic (exact) mass is 432 g/mol. The highest BCUT2D eigenvalue weighted by molar-refractivity contribution is 6.62. The molecular weight excluding hydrogens is 412 g/mol. The van der Waals surface area contributed by atoms with Gasteiger partial charge in [0, 0.05) is 24.3 Å². The van der Waals surface area contributed by atoms with E-state index in [1.807, 2.05) is 0 Å². The molecule has 0 atom stereocenters. The van der Waals surface area contributed by atoms with Crippen LogP contribution in [0.15, 0.2) is 36.4 Å². The fraction of sp³-hybridized carbons (Fsp3) is 0.333. The van der Waals surface area contributed by atoms with Gasteiger partial charge in [0.2, 0.25) is 5.91 Å². The van der Waals surface area contributed by atoms with Gasteiger partial charge in [-0.1, -0.05) is 6.07 Å². The van der Waals surface area contributed by atoms with E-state index < -0.39 is 35.9 Å². The Morgan fingerprint density at radius 3 is 2.61 bits per heavy atom. The molecule has 0 unspecified atom stereocenters. The maximum Gasteiger partial charge on any atom is 0.492 e. The molecule has 2 aliphatic rings. The quantitative estimate of drug-likeness (QED) is 0.732. The van der Waals surface area contributed by atoms with Crippen LogP contribution in [0.25, 0.3) is 0 Å². The van der Waals surface area contributed by atoms with Gasteiger partial charge in [-0.3, -0.25) is 9.59 Å². The van der Waals surface area contributed by atoms with E-state index in [0.29, 0.717) is 18.4 Å². The lowest BCUT2D eigenvalue weighted by molar-refractivity contribution is -0.138. The van der Waals surface area contributed by atoms with Crippen LogP contribution in [0.1, 0.15) is 48.2 Å². The lowest BCUT2D eigenvalue weighted by Gasteiger charge is -2.20. The van der Waals surface area contributed by atoms with Gasteiger partial charge in [-0.25, -0.2) is 0 Å². The van der Waals surface area contributed by atoms with Crippen molar-refractivity contribution in [2.75, 3.05) is 16.8 Å². The highest BCUT2D eigenvalue weighted by atomic mass is 19.4. The third-order valence-corrected chi connectivity index (χ3v) is 5.57. The van der Waals surface area contributed by atoms with Gasteiger partial charge in [0.1, 0.15) is 0 Å². The van der Waals surface area contributed by atoms with Gasteiger partial charge in [0.15, 0.2) is 0 Å². The smallest absolute Gasteiger partial charge is 0.423 e. The van der Waals surface area contributed by atoms with Crippen LogP contribution in [0.5, 0.6) is 0 Å². The Labute approximate surface area is 177 Å². The number of carbonyl (C=O) groups excluding carboxylic acids is 2. The molecule has 162 valence electrons. The third-order valence-electron chi connectivity index (χ3n) is 5.57. The third kappa shape index (κ3) is 3.93. The highest BCUT2D eigenvalue weighted by Crippen LogP contribution is 2.36. The molecule has 6 nitrogen and oxygen atoms in total. The Morgan fingerprint density at radius 1 is 1.23 bits per heavy atom. The average molecular weight is 432 g/mol. The van der Waals surface area contributed by atoms with Crippen LogP contribution in [0.2, 0.25) is 0 Å².